The molecule has 0 fully saturated rings. The van der Waals surface area contributed by atoms with Crippen LogP contribution >= 0.6 is 11.8 Å². The number of hydrogen-bond donors (Lipinski definition) is 0. The van der Waals surface area contributed by atoms with Gasteiger partial charge in [-0.25, -0.2) is 0 Å². The van der Waals surface area contributed by atoms with Crippen molar-refractivity contribution in [2.75, 3.05) is 13.2 Å². The van der Waals surface area contributed by atoms with Crippen LogP contribution in [0.2, 0.25) is 0 Å². The van der Waals surface area contributed by atoms with Gasteiger partial charge in [0.1, 0.15) is 0 Å². The van der Waals surface area contributed by atoms with Gasteiger partial charge in [0.2, 0.25) is 5.78 Å². The lowest BCUT2D eigenvalue weighted by Crippen LogP contribution is -2.24. The normalized spacial score (nSPS) is 12.4. The quantitative estimate of drug-likeness (QED) is 0.162. The van der Waals surface area contributed by atoms with Gasteiger partial charge in [-0.15, -0.1) is 10.2 Å². The van der Waals surface area contributed by atoms with Crippen LogP contribution in [0.5, 0.6) is 0 Å². The maximum Gasteiger partial charge on any atom is 0.269 e. The van der Waals surface area contributed by atoms with Crippen molar-refractivity contribution in [1.29, 1.82) is 0 Å². The number of rotatable bonds is 9. The van der Waals surface area contributed by atoms with Crippen LogP contribution in [0.25, 0.3) is 16.7 Å². The third kappa shape index (κ3) is 4.23. The SMILES string of the molecule is CCOCCCn1c(=O)c2ccccc2n2c(SC(C)c3cccc([N+](=O)[O-])c3)nnc12. The third-order valence-electron chi connectivity index (χ3n) is 5.19. The lowest BCUT2D eigenvalue weighted by Gasteiger charge is -2.13. The Morgan fingerprint density at radius 3 is 2.78 bits per heavy atom. The van der Waals surface area contributed by atoms with Crippen molar-refractivity contribution >= 4 is 34.1 Å². The van der Waals surface area contributed by atoms with Crippen molar-refractivity contribution < 1.29 is 9.66 Å². The van der Waals surface area contributed by atoms with Crippen LogP contribution in [-0.2, 0) is 11.3 Å². The molecule has 0 spiro atoms. The van der Waals surface area contributed by atoms with Gasteiger partial charge in [-0.05, 0) is 38.0 Å². The molecule has 0 bridgehead atoms. The minimum atomic E-state index is -0.401. The molecule has 0 saturated carbocycles. The fourth-order valence-electron chi connectivity index (χ4n) is 3.60. The maximum absolute atomic E-state index is 13.1. The Kier molecular flexibility index (Phi) is 6.52. The van der Waals surface area contributed by atoms with Crippen LogP contribution in [-0.4, -0.2) is 37.3 Å². The van der Waals surface area contributed by atoms with E-state index in [4.69, 9.17) is 4.74 Å². The summed E-state index contributed by atoms with van der Waals surface area (Å²) >= 11 is 1.44. The third-order valence-corrected chi connectivity index (χ3v) is 6.29. The molecular formula is C22H23N5O4S. The van der Waals surface area contributed by atoms with E-state index in [1.54, 1.807) is 22.8 Å². The van der Waals surface area contributed by atoms with E-state index in [9.17, 15) is 14.9 Å². The number of fused-ring (bicyclic) bond motifs is 3. The van der Waals surface area contributed by atoms with Crippen molar-refractivity contribution in [3.05, 3.63) is 74.6 Å². The molecule has 0 aliphatic rings. The summed E-state index contributed by atoms with van der Waals surface area (Å²) in [5, 5.41) is 20.9. The summed E-state index contributed by atoms with van der Waals surface area (Å²) < 4.78 is 8.94. The largest absolute Gasteiger partial charge is 0.382 e. The molecule has 1 atom stereocenters. The van der Waals surface area contributed by atoms with Crippen molar-refractivity contribution in [2.45, 2.75) is 37.2 Å². The number of para-hydroxylation sites is 1. The number of aromatic nitrogens is 4. The molecule has 0 N–H and O–H groups in total. The van der Waals surface area contributed by atoms with Crippen LogP contribution in [0.15, 0.2) is 58.5 Å². The number of ether oxygens (including phenoxy) is 1. The molecule has 166 valence electrons. The number of thioether (sulfide) groups is 1. The zero-order valence-corrected chi connectivity index (χ0v) is 18.6. The molecule has 0 amide bonds. The van der Waals surface area contributed by atoms with E-state index in [1.807, 2.05) is 42.5 Å². The first kappa shape index (κ1) is 22.0. The summed E-state index contributed by atoms with van der Waals surface area (Å²) in [7, 11) is 0. The first-order valence-corrected chi connectivity index (χ1v) is 11.2. The van der Waals surface area contributed by atoms with E-state index in [0.717, 1.165) is 11.1 Å². The summed E-state index contributed by atoms with van der Waals surface area (Å²) in [5.41, 5.74) is 1.48. The smallest absolute Gasteiger partial charge is 0.269 e. The van der Waals surface area contributed by atoms with Crippen LogP contribution in [0.3, 0.4) is 0 Å². The lowest BCUT2D eigenvalue weighted by atomic mass is 10.1. The highest BCUT2D eigenvalue weighted by atomic mass is 32.2. The Labute approximate surface area is 188 Å². The second-order valence-corrected chi connectivity index (χ2v) is 8.56. The van der Waals surface area contributed by atoms with Gasteiger partial charge in [-0.1, -0.05) is 36.0 Å². The molecule has 0 aliphatic carbocycles. The fourth-order valence-corrected chi connectivity index (χ4v) is 4.57. The van der Waals surface area contributed by atoms with Crippen LogP contribution in [0.1, 0.15) is 31.1 Å². The summed E-state index contributed by atoms with van der Waals surface area (Å²) in [6.45, 7) is 5.55. The van der Waals surface area contributed by atoms with Gasteiger partial charge < -0.3 is 4.74 Å². The predicted octanol–water partition coefficient (Wildman–Crippen LogP) is 4.23. The molecule has 9 nitrogen and oxygen atoms in total. The Morgan fingerprint density at radius 2 is 2.00 bits per heavy atom. The van der Waals surface area contributed by atoms with Gasteiger partial charge in [0.05, 0.1) is 15.8 Å². The average Bonchev–Trinajstić information content (AvgIpc) is 3.22. The summed E-state index contributed by atoms with van der Waals surface area (Å²) in [6.07, 6.45) is 0.682. The highest BCUT2D eigenvalue weighted by Gasteiger charge is 2.20. The molecule has 2 heterocycles. The van der Waals surface area contributed by atoms with Gasteiger partial charge in [-0.3, -0.25) is 23.9 Å². The van der Waals surface area contributed by atoms with E-state index in [-0.39, 0.29) is 16.5 Å². The van der Waals surface area contributed by atoms with Crippen LogP contribution in [0.4, 0.5) is 5.69 Å². The highest BCUT2D eigenvalue weighted by Crippen LogP contribution is 2.35. The topological polar surface area (TPSA) is 105 Å². The van der Waals surface area contributed by atoms with E-state index in [0.29, 0.717) is 42.5 Å². The fraction of sp³-hybridized carbons (Fsp3) is 0.318. The zero-order valence-electron chi connectivity index (χ0n) is 17.8. The standard InChI is InChI=1S/C22H23N5O4S/c1-3-31-13-7-12-25-20(28)18-10-4-5-11-19(18)26-21(25)23-24-22(26)32-15(2)16-8-6-9-17(14-16)27(29)30/h4-6,8-11,14-15H,3,7,12-13H2,1-2H3. The van der Waals surface area contributed by atoms with Crippen molar-refractivity contribution in [3.63, 3.8) is 0 Å². The maximum atomic E-state index is 13.1. The molecule has 0 aliphatic heterocycles. The van der Waals surface area contributed by atoms with Gasteiger partial charge in [0.15, 0.2) is 5.16 Å². The Balaban J connectivity index is 1.76. The Hall–Kier alpha value is -3.24. The number of nitro benzene ring substituents is 1. The number of aryl methyl sites for hydroxylation is 1. The van der Waals surface area contributed by atoms with Gasteiger partial charge in [0, 0.05) is 37.1 Å². The van der Waals surface area contributed by atoms with E-state index < -0.39 is 4.92 Å². The predicted molar refractivity (Wildman–Crippen MR) is 123 cm³/mol. The van der Waals surface area contributed by atoms with Crippen LogP contribution in [0, 0.1) is 10.1 Å². The second kappa shape index (κ2) is 9.49. The summed E-state index contributed by atoms with van der Waals surface area (Å²) in [6, 6.07) is 14.0. The number of benzene rings is 2. The number of hydrogen-bond acceptors (Lipinski definition) is 7. The molecule has 0 radical (unpaired) electrons. The van der Waals surface area contributed by atoms with Crippen molar-refractivity contribution in [2.24, 2.45) is 0 Å². The zero-order chi connectivity index (χ0) is 22.7. The van der Waals surface area contributed by atoms with Gasteiger partial charge >= 0.3 is 0 Å². The van der Waals surface area contributed by atoms with Crippen molar-refractivity contribution in [3.8, 4) is 0 Å². The summed E-state index contributed by atoms with van der Waals surface area (Å²) in [5.74, 6) is 0.471. The highest BCUT2D eigenvalue weighted by molar-refractivity contribution is 7.99. The lowest BCUT2D eigenvalue weighted by molar-refractivity contribution is -0.384. The number of non-ortho nitro benzene ring substituents is 1. The van der Waals surface area contributed by atoms with E-state index in [1.165, 1.54) is 17.8 Å². The summed E-state index contributed by atoms with van der Waals surface area (Å²) in [4.78, 5) is 23.9. The molecule has 2 aromatic carbocycles. The molecule has 4 aromatic rings. The number of nitro groups is 1. The Bertz CT molecular complexity index is 1330. The molecule has 2 aromatic heterocycles. The molecule has 10 heteroatoms. The first-order chi connectivity index (χ1) is 15.5. The van der Waals surface area contributed by atoms with Crippen molar-refractivity contribution in [1.82, 2.24) is 19.2 Å². The molecule has 1 unspecified atom stereocenters. The minimum Gasteiger partial charge on any atom is -0.382 e. The molecule has 0 saturated heterocycles. The van der Waals surface area contributed by atoms with Gasteiger partial charge in [-0.2, -0.15) is 0 Å². The average molecular weight is 454 g/mol. The molecular weight excluding hydrogens is 430 g/mol. The molecule has 32 heavy (non-hydrogen) atoms. The molecule has 4 rings (SSSR count). The first-order valence-electron chi connectivity index (χ1n) is 10.4. The van der Waals surface area contributed by atoms with Crippen LogP contribution < -0.4 is 5.56 Å². The van der Waals surface area contributed by atoms with E-state index in [2.05, 4.69) is 10.2 Å². The second-order valence-electron chi connectivity index (χ2n) is 7.25. The minimum absolute atomic E-state index is 0.0506. The van der Waals surface area contributed by atoms with Gasteiger partial charge in [0.25, 0.3) is 11.2 Å². The van der Waals surface area contributed by atoms with E-state index >= 15 is 0 Å². The number of nitrogens with zero attached hydrogens (tertiary/aromatic N) is 5. The monoisotopic (exact) mass is 453 g/mol. The Morgan fingerprint density at radius 1 is 1.19 bits per heavy atom.